The molecule has 0 atom stereocenters. The first kappa shape index (κ1) is 13.8. The van der Waals surface area contributed by atoms with Crippen molar-refractivity contribution in [3.63, 3.8) is 0 Å². The van der Waals surface area contributed by atoms with Crippen LogP contribution < -0.4 is 19.5 Å². The molecule has 0 amide bonds. The Hall–Kier alpha value is -2.20. The topological polar surface area (TPSA) is 39.7 Å². The second-order valence-electron chi connectivity index (χ2n) is 5.03. The lowest BCUT2D eigenvalue weighted by atomic mass is 10.2. The summed E-state index contributed by atoms with van der Waals surface area (Å²) < 4.78 is 16.3. The van der Waals surface area contributed by atoms with E-state index < -0.39 is 0 Å². The lowest BCUT2D eigenvalue weighted by Crippen LogP contribution is -2.20. The number of fused-ring (bicyclic) bond motifs is 1. The van der Waals surface area contributed by atoms with Crippen LogP contribution in [-0.2, 0) is 6.54 Å². The van der Waals surface area contributed by atoms with Crippen molar-refractivity contribution in [2.75, 3.05) is 19.9 Å². The van der Waals surface area contributed by atoms with Gasteiger partial charge >= 0.3 is 0 Å². The van der Waals surface area contributed by atoms with Gasteiger partial charge in [-0.05, 0) is 42.3 Å². The fourth-order valence-electron chi connectivity index (χ4n) is 2.23. The highest BCUT2D eigenvalue weighted by atomic mass is 16.7. The Labute approximate surface area is 124 Å². The summed E-state index contributed by atoms with van der Waals surface area (Å²) in [5, 5.41) is 3.36. The summed E-state index contributed by atoms with van der Waals surface area (Å²) in [5.41, 5.74) is 2.38. The average molecular weight is 285 g/mol. The summed E-state index contributed by atoms with van der Waals surface area (Å²) in [6.45, 7) is 4.60. The third-order valence-corrected chi connectivity index (χ3v) is 3.30. The van der Waals surface area contributed by atoms with Crippen LogP contribution in [0.3, 0.4) is 0 Å². The second kappa shape index (κ2) is 6.50. The Kier molecular flexibility index (Phi) is 4.26. The molecule has 0 saturated heterocycles. The SMILES string of the molecule is Cc1cccc(OCCNCc2ccc3c(c2)OCO3)c1. The molecule has 1 aliphatic rings. The molecule has 0 saturated carbocycles. The van der Waals surface area contributed by atoms with Gasteiger partial charge < -0.3 is 19.5 Å². The van der Waals surface area contributed by atoms with Crippen LogP contribution in [0.5, 0.6) is 17.2 Å². The highest BCUT2D eigenvalue weighted by Crippen LogP contribution is 2.32. The van der Waals surface area contributed by atoms with Crippen molar-refractivity contribution in [3.05, 3.63) is 53.6 Å². The number of hydrogen-bond acceptors (Lipinski definition) is 4. The number of rotatable bonds is 6. The average Bonchev–Trinajstić information content (AvgIpc) is 2.94. The van der Waals surface area contributed by atoms with Crippen molar-refractivity contribution in [2.24, 2.45) is 0 Å². The molecule has 0 aliphatic carbocycles. The zero-order valence-corrected chi connectivity index (χ0v) is 12.1. The van der Waals surface area contributed by atoms with Gasteiger partial charge in [0, 0.05) is 13.1 Å². The lowest BCUT2D eigenvalue weighted by molar-refractivity contribution is 0.174. The standard InChI is InChI=1S/C17H19NO3/c1-13-3-2-4-15(9-13)19-8-7-18-11-14-5-6-16-17(10-14)21-12-20-16/h2-6,9-10,18H,7-8,11-12H2,1H3. The Morgan fingerprint density at radius 3 is 2.90 bits per heavy atom. The van der Waals surface area contributed by atoms with Crippen LogP contribution in [0.25, 0.3) is 0 Å². The second-order valence-corrected chi connectivity index (χ2v) is 5.03. The van der Waals surface area contributed by atoms with Gasteiger partial charge in [-0.15, -0.1) is 0 Å². The number of nitrogens with one attached hydrogen (secondary N) is 1. The van der Waals surface area contributed by atoms with Crippen LogP contribution in [0, 0.1) is 6.92 Å². The molecule has 1 heterocycles. The molecule has 0 spiro atoms. The predicted octanol–water partition coefficient (Wildman–Crippen LogP) is 2.89. The van der Waals surface area contributed by atoms with Gasteiger partial charge in [-0.3, -0.25) is 0 Å². The highest BCUT2D eigenvalue weighted by molar-refractivity contribution is 5.44. The lowest BCUT2D eigenvalue weighted by Gasteiger charge is -2.08. The Bertz CT molecular complexity index is 613. The fourth-order valence-corrected chi connectivity index (χ4v) is 2.23. The van der Waals surface area contributed by atoms with E-state index in [1.807, 2.05) is 36.4 Å². The van der Waals surface area contributed by atoms with Gasteiger partial charge in [0.05, 0.1) is 0 Å². The first-order valence-corrected chi connectivity index (χ1v) is 7.10. The first-order valence-electron chi connectivity index (χ1n) is 7.10. The molecule has 4 heteroatoms. The summed E-state index contributed by atoms with van der Waals surface area (Å²) >= 11 is 0. The number of benzene rings is 2. The molecular weight excluding hydrogens is 266 g/mol. The molecular formula is C17H19NO3. The van der Waals surface area contributed by atoms with E-state index in [0.29, 0.717) is 13.4 Å². The van der Waals surface area contributed by atoms with Gasteiger partial charge in [0.15, 0.2) is 11.5 Å². The largest absolute Gasteiger partial charge is 0.492 e. The van der Waals surface area contributed by atoms with E-state index in [1.165, 1.54) is 11.1 Å². The van der Waals surface area contributed by atoms with Crippen molar-refractivity contribution < 1.29 is 14.2 Å². The molecule has 1 aliphatic heterocycles. The Morgan fingerprint density at radius 1 is 1.10 bits per heavy atom. The minimum absolute atomic E-state index is 0.316. The van der Waals surface area contributed by atoms with Crippen molar-refractivity contribution >= 4 is 0 Å². The molecule has 4 nitrogen and oxygen atoms in total. The molecule has 0 bridgehead atoms. The van der Waals surface area contributed by atoms with Crippen LogP contribution >= 0.6 is 0 Å². The Balaban J connectivity index is 1.40. The molecule has 2 aromatic rings. The highest BCUT2D eigenvalue weighted by Gasteiger charge is 2.12. The number of ether oxygens (including phenoxy) is 3. The van der Waals surface area contributed by atoms with Crippen molar-refractivity contribution in [2.45, 2.75) is 13.5 Å². The van der Waals surface area contributed by atoms with E-state index in [9.17, 15) is 0 Å². The molecule has 110 valence electrons. The van der Waals surface area contributed by atoms with E-state index in [1.54, 1.807) is 0 Å². The van der Waals surface area contributed by atoms with Crippen LogP contribution in [0.2, 0.25) is 0 Å². The molecule has 0 radical (unpaired) electrons. The van der Waals surface area contributed by atoms with Crippen molar-refractivity contribution in [1.82, 2.24) is 5.32 Å². The molecule has 1 N–H and O–H groups in total. The monoisotopic (exact) mass is 285 g/mol. The maximum absolute atomic E-state index is 5.69. The summed E-state index contributed by atoms with van der Waals surface area (Å²) in [7, 11) is 0. The fraction of sp³-hybridized carbons (Fsp3) is 0.294. The van der Waals surface area contributed by atoms with Crippen LogP contribution in [0.4, 0.5) is 0 Å². The summed E-state index contributed by atoms with van der Waals surface area (Å²) in [4.78, 5) is 0. The normalized spacial score (nSPS) is 12.4. The van der Waals surface area contributed by atoms with Gasteiger partial charge in [0.25, 0.3) is 0 Å². The maximum Gasteiger partial charge on any atom is 0.231 e. The molecule has 0 fully saturated rings. The van der Waals surface area contributed by atoms with E-state index in [2.05, 4.69) is 18.3 Å². The molecule has 2 aromatic carbocycles. The predicted molar refractivity (Wildman–Crippen MR) is 80.9 cm³/mol. The third kappa shape index (κ3) is 3.67. The Morgan fingerprint density at radius 2 is 2.00 bits per heavy atom. The van der Waals surface area contributed by atoms with Gasteiger partial charge in [-0.2, -0.15) is 0 Å². The minimum atomic E-state index is 0.316. The molecule has 0 aromatic heterocycles. The van der Waals surface area contributed by atoms with Gasteiger partial charge in [0.1, 0.15) is 12.4 Å². The quantitative estimate of drug-likeness (QED) is 0.828. The van der Waals surface area contributed by atoms with Crippen LogP contribution in [0.1, 0.15) is 11.1 Å². The zero-order valence-electron chi connectivity index (χ0n) is 12.1. The van der Waals surface area contributed by atoms with Gasteiger partial charge in [0.2, 0.25) is 6.79 Å². The molecule has 0 unspecified atom stereocenters. The number of aryl methyl sites for hydroxylation is 1. The summed E-state index contributed by atoms with van der Waals surface area (Å²) in [6.07, 6.45) is 0. The van der Waals surface area contributed by atoms with Crippen molar-refractivity contribution in [1.29, 1.82) is 0 Å². The minimum Gasteiger partial charge on any atom is -0.492 e. The van der Waals surface area contributed by atoms with Crippen molar-refractivity contribution in [3.8, 4) is 17.2 Å². The number of hydrogen-bond donors (Lipinski definition) is 1. The van der Waals surface area contributed by atoms with Gasteiger partial charge in [-0.25, -0.2) is 0 Å². The summed E-state index contributed by atoms with van der Waals surface area (Å²) in [6, 6.07) is 14.1. The third-order valence-electron chi connectivity index (χ3n) is 3.30. The van der Waals surface area contributed by atoms with E-state index in [0.717, 1.165) is 30.3 Å². The first-order chi connectivity index (χ1) is 10.3. The van der Waals surface area contributed by atoms with E-state index in [4.69, 9.17) is 14.2 Å². The van der Waals surface area contributed by atoms with E-state index >= 15 is 0 Å². The molecule has 3 rings (SSSR count). The van der Waals surface area contributed by atoms with Gasteiger partial charge in [-0.1, -0.05) is 18.2 Å². The molecule has 21 heavy (non-hydrogen) atoms. The maximum atomic E-state index is 5.69. The summed E-state index contributed by atoms with van der Waals surface area (Å²) in [5.74, 6) is 2.56. The van der Waals surface area contributed by atoms with Crippen LogP contribution in [-0.4, -0.2) is 19.9 Å². The zero-order chi connectivity index (χ0) is 14.5. The van der Waals surface area contributed by atoms with Crippen LogP contribution in [0.15, 0.2) is 42.5 Å². The smallest absolute Gasteiger partial charge is 0.231 e. The van der Waals surface area contributed by atoms with E-state index in [-0.39, 0.29) is 0 Å².